The fraction of sp³-hybridized carbons (Fsp3) is 0.625. The molecule has 8 heteroatoms. The topological polar surface area (TPSA) is 61.4 Å². The van der Waals surface area contributed by atoms with Crippen molar-refractivity contribution < 1.29 is 4.79 Å². The third-order valence-electron chi connectivity index (χ3n) is 2.89. The van der Waals surface area contributed by atoms with Gasteiger partial charge in [0.05, 0.1) is 6.04 Å². The second kappa shape index (κ2) is 3.85. The van der Waals surface area contributed by atoms with E-state index in [1.54, 1.807) is 0 Å². The van der Waals surface area contributed by atoms with Crippen LogP contribution in [0.15, 0.2) is 3.92 Å². The lowest BCUT2D eigenvalue weighted by molar-refractivity contribution is 0.197. The molecule has 86 valence electrons. The van der Waals surface area contributed by atoms with Gasteiger partial charge in [0.25, 0.3) is 0 Å². The van der Waals surface area contributed by atoms with Crippen LogP contribution in [-0.2, 0) is 0 Å². The molecule has 2 fully saturated rings. The molecule has 0 radical (unpaired) electrons. The molecule has 2 aliphatic heterocycles. The Hall–Kier alpha value is -0.890. The monoisotopic (exact) mass is 303 g/mol. The van der Waals surface area contributed by atoms with Gasteiger partial charge >= 0.3 is 6.03 Å². The van der Waals surface area contributed by atoms with Gasteiger partial charge in [-0.25, -0.2) is 4.79 Å². The Labute approximate surface area is 105 Å². The standard InChI is InChI=1S/C8H10BrN5OS/c9-6-11-12-8(16-6)13-1-2-14-5(4-13)3-10-7(14)15/h5H,1-4H2,(H,10,15). The molecule has 1 atom stereocenters. The van der Waals surface area contributed by atoms with Crippen molar-refractivity contribution >= 4 is 38.4 Å². The predicted octanol–water partition coefficient (Wildman–Crippen LogP) is 0.514. The Balaban J connectivity index is 1.75. The van der Waals surface area contributed by atoms with E-state index in [-0.39, 0.29) is 12.1 Å². The molecule has 0 saturated carbocycles. The fourth-order valence-electron chi connectivity index (χ4n) is 2.10. The summed E-state index contributed by atoms with van der Waals surface area (Å²) in [4.78, 5) is 15.5. The Morgan fingerprint density at radius 1 is 1.44 bits per heavy atom. The summed E-state index contributed by atoms with van der Waals surface area (Å²) < 4.78 is 0.797. The van der Waals surface area contributed by atoms with Crippen LogP contribution < -0.4 is 10.2 Å². The van der Waals surface area contributed by atoms with E-state index in [0.717, 1.165) is 35.2 Å². The van der Waals surface area contributed by atoms with Gasteiger partial charge in [0.15, 0.2) is 3.92 Å². The number of hydrogen-bond acceptors (Lipinski definition) is 5. The van der Waals surface area contributed by atoms with Crippen molar-refractivity contribution in [2.24, 2.45) is 0 Å². The Morgan fingerprint density at radius 3 is 3.06 bits per heavy atom. The van der Waals surface area contributed by atoms with Crippen LogP contribution in [-0.4, -0.2) is 53.3 Å². The third kappa shape index (κ3) is 1.65. The summed E-state index contributed by atoms with van der Waals surface area (Å²) in [5.74, 6) is 0. The highest BCUT2D eigenvalue weighted by molar-refractivity contribution is 9.11. The van der Waals surface area contributed by atoms with Gasteiger partial charge < -0.3 is 15.1 Å². The lowest BCUT2D eigenvalue weighted by Crippen LogP contribution is -2.52. The van der Waals surface area contributed by atoms with E-state index in [2.05, 4.69) is 36.3 Å². The van der Waals surface area contributed by atoms with Gasteiger partial charge in [0, 0.05) is 26.2 Å². The number of halogens is 1. The molecule has 2 saturated heterocycles. The molecule has 0 aromatic carbocycles. The molecule has 6 nitrogen and oxygen atoms in total. The summed E-state index contributed by atoms with van der Waals surface area (Å²) in [5.41, 5.74) is 0. The molecule has 0 aliphatic carbocycles. The maximum Gasteiger partial charge on any atom is 0.317 e. The third-order valence-corrected chi connectivity index (χ3v) is 4.31. The van der Waals surface area contributed by atoms with E-state index in [0.29, 0.717) is 0 Å². The summed E-state index contributed by atoms with van der Waals surface area (Å²) in [5, 5.41) is 11.8. The lowest BCUT2D eigenvalue weighted by Gasteiger charge is -2.35. The zero-order valence-corrected chi connectivity index (χ0v) is 10.8. The minimum atomic E-state index is 0.0584. The van der Waals surface area contributed by atoms with Crippen LogP contribution in [0, 0.1) is 0 Å². The minimum absolute atomic E-state index is 0.0584. The largest absolute Gasteiger partial charge is 0.343 e. The molecule has 1 aromatic rings. The van der Waals surface area contributed by atoms with Gasteiger partial charge in [-0.1, -0.05) is 11.3 Å². The van der Waals surface area contributed by atoms with Gasteiger partial charge in [0.2, 0.25) is 5.13 Å². The summed E-state index contributed by atoms with van der Waals surface area (Å²) in [6.45, 7) is 3.15. The molecule has 1 N–H and O–H groups in total. The predicted molar refractivity (Wildman–Crippen MR) is 63.7 cm³/mol. The van der Waals surface area contributed by atoms with Crippen LogP contribution in [0.2, 0.25) is 0 Å². The first-order valence-electron chi connectivity index (χ1n) is 5.02. The van der Waals surface area contributed by atoms with Crippen molar-refractivity contribution in [3.05, 3.63) is 3.92 Å². The highest BCUT2D eigenvalue weighted by Gasteiger charge is 2.36. The van der Waals surface area contributed by atoms with E-state index >= 15 is 0 Å². The van der Waals surface area contributed by atoms with E-state index in [4.69, 9.17) is 0 Å². The summed E-state index contributed by atoms with van der Waals surface area (Å²) in [6.07, 6.45) is 0. The number of carbonyl (C=O) groups excluding carboxylic acids is 1. The smallest absolute Gasteiger partial charge is 0.317 e. The molecular weight excluding hydrogens is 294 g/mol. The first kappa shape index (κ1) is 10.3. The van der Waals surface area contributed by atoms with Crippen molar-refractivity contribution in [2.45, 2.75) is 6.04 Å². The van der Waals surface area contributed by atoms with Crippen molar-refractivity contribution in [1.29, 1.82) is 0 Å². The van der Waals surface area contributed by atoms with Gasteiger partial charge in [-0.15, -0.1) is 10.2 Å². The summed E-state index contributed by atoms with van der Waals surface area (Å²) >= 11 is 4.83. The first-order valence-corrected chi connectivity index (χ1v) is 6.63. The maximum atomic E-state index is 11.4. The van der Waals surface area contributed by atoms with Crippen LogP contribution in [0.1, 0.15) is 0 Å². The number of anilines is 1. The number of nitrogens with zero attached hydrogens (tertiary/aromatic N) is 4. The van der Waals surface area contributed by atoms with Gasteiger partial charge in [-0.2, -0.15) is 0 Å². The molecule has 2 aliphatic rings. The zero-order valence-electron chi connectivity index (χ0n) is 8.39. The number of nitrogens with one attached hydrogen (secondary N) is 1. The number of fused-ring (bicyclic) bond motifs is 1. The van der Waals surface area contributed by atoms with Crippen LogP contribution in [0.3, 0.4) is 0 Å². The quantitative estimate of drug-likeness (QED) is 0.821. The molecular formula is C8H10BrN5OS. The molecule has 0 spiro atoms. The lowest BCUT2D eigenvalue weighted by atomic mass is 10.2. The number of carbonyl (C=O) groups is 1. The Kier molecular flexibility index (Phi) is 2.47. The summed E-state index contributed by atoms with van der Waals surface area (Å²) in [6, 6.07) is 0.326. The normalized spacial score (nSPS) is 24.6. The number of amides is 2. The van der Waals surface area contributed by atoms with Crippen molar-refractivity contribution in [3.8, 4) is 0 Å². The second-order valence-electron chi connectivity index (χ2n) is 3.82. The zero-order chi connectivity index (χ0) is 11.1. The SMILES string of the molecule is O=C1NCC2CN(c3nnc(Br)s3)CCN12. The van der Waals surface area contributed by atoms with Gasteiger partial charge in [-0.3, -0.25) is 0 Å². The van der Waals surface area contributed by atoms with Crippen molar-refractivity contribution in [2.75, 3.05) is 31.1 Å². The van der Waals surface area contributed by atoms with E-state index in [1.165, 1.54) is 11.3 Å². The minimum Gasteiger partial charge on any atom is -0.343 e. The first-order chi connectivity index (χ1) is 7.74. The summed E-state index contributed by atoms with van der Waals surface area (Å²) in [7, 11) is 0. The Bertz CT molecular complexity index is 424. The van der Waals surface area contributed by atoms with Crippen LogP contribution in [0.5, 0.6) is 0 Å². The van der Waals surface area contributed by atoms with Gasteiger partial charge in [0.1, 0.15) is 0 Å². The Morgan fingerprint density at radius 2 is 2.31 bits per heavy atom. The number of hydrogen-bond donors (Lipinski definition) is 1. The molecule has 3 rings (SSSR count). The molecule has 1 aromatic heterocycles. The van der Waals surface area contributed by atoms with Crippen LogP contribution in [0.25, 0.3) is 0 Å². The maximum absolute atomic E-state index is 11.4. The van der Waals surface area contributed by atoms with Crippen LogP contribution in [0.4, 0.5) is 9.93 Å². The number of urea groups is 1. The number of aromatic nitrogens is 2. The van der Waals surface area contributed by atoms with E-state index in [9.17, 15) is 4.79 Å². The molecule has 1 unspecified atom stereocenters. The molecule has 0 bridgehead atoms. The van der Waals surface area contributed by atoms with E-state index < -0.39 is 0 Å². The van der Waals surface area contributed by atoms with Crippen LogP contribution >= 0.6 is 27.3 Å². The molecule has 3 heterocycles. The van der Waals surface area contributed by atoms with Crippen molar-refractivity contribution in [1.82, 2.24) is 20.4 Å². The van der Waals surface area contributed by atoms with Gasteiger partial charge in [-0.05, 0) is 15.9 Å². The second-order valence-corrected chi connectivity index (χ2v) is 6.05. The fourth-order valence-corrected chi connectivity index (χ4v) is 3.23. The average Bonchev–Trinajstić information content (AvgIpc) is 2.86. The highest BCUT2D eigenvalue weighted by Crippen LogP contribution is 2.26. The average molecular weight is 304 g/mol. The molecule has 16 heavy (non-hydrogen) atoms. The molecule has 2 amide bonds. The number of piperazine rings is 1. The highest BCUT2D eigenvalue weighted by atomic mass is 79.9. The van der Waals surface area contributed by atoms with E-state index in [1.807, 2.05) is 4.90 Å². The number of rotatable bonds is 1. The van der Waals surface area contributed by atoms with Crippen molar-refractivity contribution in [3.63, 3.8) is 0 Å².